The van der Waals surface area contributed by atoms with Crippen LogP contribution in [0.25, 0.3) is 0 Å². The van der Waals surface area contributed by atoms with E-state index >= 15 is 0 Å². The molecular formula is C18H15N3O6. The van der Waals surface area contributed by atoms with Crippen LogP contribution in [0.5, 0.6) is 5.75 Å². The molecule has 27 heavy (non-hydrogen) atoms. The number of nitrogens with one attached hydrogen (secondary N) is 1. The largest absolute Gasteiger partial charge is 0.490 e. The van der Waals surface area contributed by atoms with Gasteiger partial charge in [-0.15, -0.1) is 0 Å². The normalized spacial score (nSPS) is 11.0. The molecule has 1 N–H and O–H groups in total. The van der Waals surface area contributed by atoms with Crippen LogP contribution in [0, 0.1) is 21.4 Å². The third-order valence-electron chi connectivity index (χ3n) is 3.55. The molecule has 0 aliphatic heterocycles. The maximum Gasteiger partial charge on any atom is 0.339 e. The zero-order valence-corrected chi connectivity index (χ0v) is 14.5. The molecule has 0 spiro atoms. The van der Waals surface area contributed by atoms with E-state index in [-0.39, 0.29) is 17.0 Å². The van der Waals surface area contributed by atoms with Gasteiger partial charge in [0, 0.05) is 11.8 Å². The number of ether oxygens (including phenoxy) is 2. The van der Waals surface area contributed by atoms with E-state index < -0.39 is 22.9 Å². The number of nitrogens with zero attached hydrogens (tertiary/aromatic N) is 2. The first-order chi connectivity index (χ1) is 12.8. The molecule has 1 atom stereocenters. The molecule has 0 aliphatic carbocycles. The van der Waals surface area contributed by atoms with E-state index in [9.17, 15) is 19.7 Å². The predicted molar refractivity (Wildman–Crippen MR) is 94.3 cm³/mol. The quantitative estimate of drug-likeness (QED) is 0.470. The average molecular weight is 369 g/mol. The highest BCUT2D eigenvalue weighted by Crippen LogP contribution is 2.27. The van der Waals surface area contributed by atoms with Gasteiger partial charge >= 0.3 is 11.7 Å². The Balaban J connectivity index is 2.05. The Morgan fingerprint density at radius 2 is 1.89 bits per heavy atom. The fourth-order valence-corrected chi connectivity index (χ4v) is 2.11. The van der Waals surface area contributed by atoms with Crippen LogP contribution in [0.15, 0.2) is 42.5 Å². The van der Waals surface area contributed by atoms with Crippen molar-refractivity contribution in [2.45, 2.75) is 13.0 Å². The molecule has 9 nitrogen and oxygen atoms in total. The molecular weight excluding hydrogens is 354 g/mol. The van der Waals surface area contributed by atoms with Gasteiger partial charge in [0.05, 0.1) is 29.2 Å². The third kappa shape index (κ3) is 4.79. The van der Waals surface area contributed by atoms with Crippen LogP contribution >= 0.6 is 0 Å². The van der Waals surface area contributed by atoms with Crippen LogP contribution in [0.1, 0.15) is 22.8 Å². The van der Waals surface area contributed by atoms with E-state index in [2.05, 4.69) is 5.32 Å². The number of amides is 1. The van der Waals surface area contributed by atoms with Crippen molar-refractivity contribution in [2.75, 3.05) is 12.4 Å². The molecule has 9 heteroatoms. The maximum atomic E-state index is 12.2. The second kappa shape index (κ2) is 8.44. The second-order valence-electron chi connectivity index (χ2n) is 5.37. The Morgan fingerprint density at radius 3 is 2.44 bits per heavy atom. The third-order valence-corrected chi connectivity index (χ3v) is 3.55. The highest BCUT2D eigenvalue weighted by atomic mass is 16.6. The number of hydrogen-bond acceptors (Lipinski definition) is 7. The van der Waals surface area contributed by atoms with Crippen molar-refractivity contribution in [2.24, 2.45) is 0 Å². The first-order valence-corrected chi connectivity index (χ1v) is 7.70. The average Bonchev–Trinajstić information content (AvgIpc) is 2.67. The van der Waals surface area contributed by atoms with Crippen molar-refractivity contribution >= 4 is 23.3 Å². The highest BCUT2D eigenvalue weighted by Gasteiger charge is 2.22. The predicted octanol–water partition coefficient (Wildman–Crippen LogP) is 2.66. The van der Waals surface area contributed by atoms with Crippen LogP contribution in [0.3, 0.4) is 0 Å². The van der Waals surface area contributed by atoms with Crippen molar-refractivity contribution in [3.63, 3.8) is 0 Å². The highest BCUT2D eigenvalue weighted by molar-refractivity contribution is 5.97. The van der Waals surface area contributed by atoms with Crippen LogP contribution in [0.4, 0.5) is 11.4 Å². The Bertz CT molecular complexity index is 918. The summed E-state index contributed by atoms with van der Waals surface area (Å²) < 4.78 is 9.92. The molecule has 138 valence electrons. The van der Waals surface area contributed by atoms with Crippen molar-refractivity contribution in [1.82, 2.24) is 0 Å². The number of anilines is 1. The van der Waals surface area contributed by atoms with Crippen molar-refractivity contribution in [3.05, 3.63) is 63.7 Å². The number of nitro groups is 1. The lowest BCUT2D eigenvalue weighted by Crippen LogP contribution is -2.30. The molecule has 0 fully saturated rings. The molecule has 0 saturated heterocycles. The number of nitro benzene ring substituents is 1. The minimum atomic E-state index is -1.14. The van der Waals surface area contributed by atoms with Crippen LogP contribution in [0.2, 0.25) is 0 Å². The molecule has 0 aliphatic rings. The van der Waals surface area contributed by atoms with Crippen LogP contribution < -0.4 is 10.1 Å². The Hall–Kier alpha value is -3.93. The van der Waals surface area contributed by atoms with Gasteiger partial charge in [-0.05, 0) is 43.3 Å². The lowest BCUT2D eigenvalue weighted by Gasteiger charge is -2.14. The van der Waals surface area contributed by atoms with Crippen molar-refractivity contribution in [3.8, 4) is 11.8 Å². The van der Waals surface area contributed by atoms with Gasteiger partial charge in [-0.3, -0.25) is 14.9 Å². The number of benzene rings is 2. The minimum absolute atomic E-state index is 0.00292. The molecule has 1 unspecified atom stereocenters. The van der Waals surface area contributed by atoms with Crippen molar-refractivity contribution in [1.29, 1.82) is 5.26 Å². The summed E-state index contributed by atoms with van der Waals surface area (Å²) >= 11 is 0. The lowest BCUT2D eigenvalue weighted by molar-refractivity contribution is -0.385. The number of rotatable bonds is 6. The van der Waals surface area contributed by atoms with Crippen LogP contribution in [-0.2, 0) is 9.53 Å². The molecule has 0 radical (unpaired) electrons. The molecule has 0 bridgehead atoms. The zero-order chi connectivity index (χ0) is 20.0. The summed E-state index contributed by atoms with van der Waals surface area (Å²) in [5, 5.41) is 22.3. The van der Waals surface area contributed by atoms with E-state index in [0.29, 0.717) is 11.3 Å². The SMILES string of the molecule is COc1ccc(C(=O)OC(C)C(=O)Nc2ccc(C#N)cc2)cc1[N+](=O)[O-]. The van der Waals surface area contributed by atoms with Gasteiger partial charge in [0.15, 0.2) is 11.9 Å². The van der Waals surface area contributed by atoms with Gasteiger partial charge < -0.3 is 14.8 Å². The Labute approximate surface area is 154 Å². The summed E-state index contributed by atoms with van der Waals surface area (Å²) in [4.78, 5) is 34.6. The fourth-order valence-electron chi connectivity index (χ4n) is 2.11. The second-order valence-corrected chi connectivity index (χ2v) is 5.37. The molecule has 0 heterocycles. The van der Waals surface area contributed by atoms with Gasteiger partial charge in [0.25, 0.3) is 5.91 Å². The summed E-state index contributed by atoms with van der Waals surface area (Å²) in [5.74, 6) is -1.47. The zero-order valence-electron chi connectivity index (χ0n) is 14.5. The summed E-state index contributed by atoms with van der Waals surface area (Å²) in [6.45, 7) is 1.37. The number of carbonyl (C=O) groups excluding carboxylic acids is 2. The first-order valence-electron chi connectivity index (χ1n) is 7.70. The maximum absolute atomic E-state index is 12.2. The lowest BCUT2D eigenvalue weighted by atomic mass is 10.2. The Morgan fingerprint density at radius 1 is 1.22 bits per heavy atom. The number of nitriles is 1. The van der Waals surface area contributed by atoms with Gasteiger partial charge in [0.1, 0.15) is 0 Å². The fraction of sp³-hybridized carbons (Fsp3) is 0.167. The summed E-state index contributed by atoms with van der Waals surface area (Å²) in [7, 11) is 1.27. The summed E-state index contributed by atoms with van der Waals surface area (Å²) in [6.07, 6.45) is -1.14. The number of esters is 1. The van der Waals surface area contributed by atoms with E-state index in [0.717, 1.165) is 6.07 Å². The molecule has 2 aromatic rings. The van der Waals surface area contributed by atoms with Gasteiger partial charge in [-0.2, -0.15) is 5.26 Å². The molecule has 2 aromatic carbocycles. The first kappa shape index (κ1) is 19.4. The molecule has 0 aromatic heterocycles. The van der Waals surface area contributed by atoms with Gasteiger partial charge in [-0.25, -0.2) is 4.79 Å². The molecule has 2 rings (SSSR count). The number of methoxy groups -OCH3 is 1. The molecule has 1 amide bonds. The van der Waals surface area contributed by atoms with E-state index in [1.807, 2.05) is 6.07 Å². The minimum Gasteiger partial charge on any atom is -0.490 e. The van der Waals surface area contributed by atoms with E-state index in [4.69, 9.17) is 14.7 Å². The number of hydrogen-bond donors (Lipinski definition) is 1. The van der Waals surface area contributed by atoms with Gasteiger partial charge in [-0.1, -0.05) is 0 Å². The number of carbonyl (C=O) groups is 2. The van der Waals surface area contributed by atoms with Gasteiger partial charge in [0.2, 0.25) is 0 Å². The van der Waals surface area contributed by atoms with E-state index in [1.165, 1.54) is 50.4 Å². The summed E-state index contributed by atoms with van der Waals surface area (Å²) in [5.41, 5.74) is 0.401. The van der Waals surface area contributed by atoms with Crippen molar-refractivity contribution < 1.29 is 24.0 Å². The molecule has 0 saturated carbocycles. The van der Waals surface area contributed by atoms with Crippen LogP contribution in [-0.4, -0.2) is 30.0 Å². The standard InChI is InChI=1S/C18H15N3O6/c1-11(17(22)20-14-6-3-12(10-19)4-7-14)27-18(23)13-5-8-16(26-2)15(9-13)21(24)25/h3-9,11H,1-2H3,(H,20,22). The Kier molecular flexibility index (Phi) is 6.06. The topological polar surface area (TPSA) is 132 Å². The summed E-state index contributed by atoms with van der Waals surface area (Å²) in [6, 6.07) is 11.7. The van der Waals surface area contributed by atoms with E-state index in [1.54, 1.807) is 0 Å². The monoisotopic (exact) mass is 369 g/mol. The smallest absolute Gasteiger partial charge is 0.339 e.